The molecule has 0 aliphatic heterocycles. The number of alkyl halides is 2. The summed E-state index contributed by atoms with van der Waals surface area (Å²) in [4.78, 5) is 6.81. The van der Waals surface area contributed by atoms with Crippen molar-refractivity contribution in [2.75, 3.05) is 0 Å². The van der Waals surface area contributed by atoms with Crippen molar-refractivity contribution >= 4 is 27.0 Å². The zero-order valence-electron chi connectivity index (χ0n) is 7.67. The Morgan fingerprint density at radius 1 is 1.50 bits per heavy atom. The summed E-state index contributed by atoms with van der Waals surface area (Å²) >= 11 is 3.11. The average molecular weight is 288 g/mol. The lowest BCUT2D eigenvalue weighted by Gasteiger charge is -2.05. The summed E-state index contributed by atoms with van der Waals surface area (Å²) in [6.45, 7) is -2.97. The number of benzene rings is 1. The van der Waals surface area contributed by atoms with Gasteiger partial charge in [-0.25, -0.2) is 4.98 Å². The number of nitriles is 1. The van der Waals surface area contributed by atoms with Gasteiger partial charge in [-0.05, 0) is 22.0 Å². The van der Waals surface area contributed by atoms with E-state index in [1.54, 1.807) is 6.07 Å². The highest BCUT2D eigenvalue weighted by Crippen LogP contribution is 2.26. The number of nitrogens with zero attached hydrogens (tertiary/aromatic N) is 2. The van der Waals surface area contributed by atoms with Crippen molar-refractivity contribution in [2.24, 2.45) is 0 Å². The van der Waals surface area contributed by atoms with Crippen molar-refractivity contribution in [1.82, 2.24) is 9.97 Å². The molecule has 0 aliphatic rings. The van der Waals surface area contributed by atoms with Crippen LogP contribution in [0.3, 0.4) is 0 Å². The SMILES string of the molecule is N#Cc1cc2[nH]c(Br)nc2cc1OC(F)F. The van der Waals surface area contributed by atoms with E-state index < -0.39 is 6.61 Å². The average Bonchev–Trinajstić information content (AvgIpc) is 2.55. The molecule has 2 rings (SSSR count). The third-order valence-electron chi connectivity index (χ3n) is 1.89. The van der Waals surface area contributed by atoms with Crippen LogP contribution >= 0.6 is 15.9 Å². The number of H-pyrrole nitrogens is 1. The highest BCUT2D eigenvalue weighted by atomic mass is 79.9. The zero-order valence-corrected chi connectivity index (χ0v) is 9.25. The molecule has 0 saturated carbocycles. The maximum absolute atomic E-state index is 12.1. The van der Waals surface area contributed by atoms with Gasteiger partial charge in [-0.3, -0.25) is 0 Å². The maximum atomic E-state index is 12.1. The number of imidazole rings is 1. The fraction of sp³-hybridized carbons (Fsp3) is 0.111. The van der Waals surface area contributed by atoms with Crippen LogP contribution < -0.4 is 4.74 Å². The molecule has 0 bridgehead atoms. The van der Waals surface area contributed by atoms with Crippen molar-refractivity contribution in [2.45, 2.75) is 6.61 Å². The number of aromatic nitrogens is 2. The minimum Gasteiger partial charge on any atom is -0.433 e. The Bertz CT molecular complexity index is 576. The number of ether oxygens (including phenoxy) is 1. The number of hydrogen-bond acceptors (Lipinski definition) is 3. The zero-order chi connectivity index (χ0) is 11.7. The summed E-state index contributed by atoms with van der Waals surface area (Å²) in [6.07, 6.45) is 0. The van der Waals surface area contributed by atoms with Crippen molar-refractivity contribution < 1.29 is 13.5 Å². The van der Waals surface area contributed by atoms with Crippen LogP contribution in [0, 0.1) is 11.3 Å². The third-order valence-corrected chi connectivity index (χ3v) is 2.27. The first-order valence-corrected chi connectivity index (χ1v) is 4.93. The standard InChI is InChI=1S/C9H4BrF2N3O/c10-8-14-5-1-4(3-13)7(16-9(11)12)2-6(5)15-8/h1-2,9H,(H,14,15). The van der Waals surface area contributed by atoms with Crippen LogP contribution in [0.15, 0.2) is 16.9 Å². The maximum Gasteiger partial charge on any atom is 0.387 e. The largest absolute Gasteiger partial charge is 0.433 e. The highest BCUT2D eigenvalue weighted by Gasteiger charge is 2.12. The summed E-state index contributed by atoms with van der Waals surface area (Å²) in [6, 6.07) is 4.48. The molecule has 1 aromatic heterocycles. The first-order valence-electron chi connectivity index (χ1n) is 4.14. The number of aromatic amines is 1. The topological polar surface area (TPSA) is 61.7 Å². The van der Waals surface area contributed by atoms with Crippen LogP contribution in [0.25, 0.3) is 11.0 Å². The Morgan fingerprint density at radius 2 is 2.25 bits per heavy atom. The van der Waals surface area contributed by atoms with E-state index >= 15 is 0 Å². The Labute approximate surface area is 97.0 Å². The molecular formula is C9H4BrF2N3O. The molecule has 0 fully saturated rings. The molecule has 0 radical (unpaired) electrons. The molecule has 1 N–H and O–H groups in total. The van der Waals surface area contributed by atoms with Crippen LogP contribution in [-0.4, -0.2) is 16.6 Å². The molecule has 4 nitrogen and oxygen atoms in total. The number of hydrogen-bond donors (Lipinski definition) is 1. The van der Waals surface area contributed by atoms with E-state index in [0.717, 1.165) is 0 Å². The molecule has 0 saturated heterocycles. The van der Waals surface area contributed by atoms with E-state index in [1.165, 1.54) is 12.1 Å². The first kappa shape index (κ1) is 10.8. The predicted octanol–water partition coefficient (Wildman–Crippen LogP) is 2.80. The second-order valence-electron chi connectivity index (χ2n) is 2.88. The van der Waals surface area contributed by atoms with Crippen LogP contribution in [0.1, 0.15) is 5.56 Å². The quantitative estimate of drug-likeness (QED) is 0.924. The van der Waals surface area contributed by atoms with Crippen molar-refractivity contribution in [3.63, 3.8) is 0 Å². The highest BCUT2D eigenvalue weighted by molar-refractivity contribution is 9.10. The van der Waals surface area contributed by atoms with Crippen LogP contribution in [0.5, 0.6) is 5.75 Å². The summed E-state index contributed by atoms with van der Waals surface area (Å²) in [7, 11) is 0. The number of nitrogens with one attached hydrogen (secondary N) is 1. The van der Waals surface area contributed by atoms with Crippen LogP contribution in [-0.2, 0) is 0 Å². The first-order chi connectivity index (χ1) is 7.60. The summed E-state index contributed by atoms with van der Waals surface area (Å²) in [5.74, 6) is -0.177. The lowest BCUT2D eigenvalue weighted by atomic mass is 10.2. The minimum absolute atomic E-state index is 0.0314. The summed E-state index contributed by atoms with van der Waals surface area (Å²) in [5.41, 5.74) is 1.05. The number of rotatable bonds is 2. The Balaban J connectivity index is 2.58. The smallest absolute Gasteiger partial charge is 0.387 e. The molecule has 16 heavy (non-hydrogen) atoms. The van der Waals surface area contributed by atoms with Gasteiger partial charge in [0.05, 0.1) is 16.6 Å². The van der Waals surface area contributed by atoms with Gasteiger partial charge in [0.2, 0.25) is 0 Å². The number of halogens is 3. The fourth-order valence-corrected chi connectivity index (χ4v) is 1.69. The van der Waals surface area contributed by atoms with Gasteiger partial charge in [-0.2, -0.15) is 14.0 Å². The third kappa shape index (κ3) is 1.97. The molecule has 0 aliphatic carbocycles. The fourth-order valence-electron chi connectivity index (χ4n) is 1.29. The van der Waals surface area contributed by atoms with E-state index in [4.69, 9.17) is 5.26 Å². The minimum atomic E-state index is -2.97. The summed E-state index contributed by atoms with van der Waals surface area (Å²) < 4.78 is 28.8. The Hall–Kier alpha value is -1.68. The molecule has 2 aromatic rings. The molecule has 0 spiro atoms. The van der Waals surface area contributed by atoms with Crippen molar-refractivity contribution in [3.05, 3.63) is 22.4 Å². The summed E-state index contributed by atoms with van der Waals surface area (Å²) in [5, 5.41) is 8.78. The van der Waals surface area contributed by atoms with Crippen molar-refractivity contribution in [3.8, 4) is 11.8 Å². The second-order valence-corrected chi connectivity index (χ2v) is 3.63. The lowest BCUT2D eigenvalue weighted by molar-refractivity contribution is -0.0499. The molecular weight excluding hydrogens is 284 g/mol. The lowest BCUT2D eigenvalue weighted by Crippen LogP contribution is -2.03. The predicted molar refractivity (Wildman–Crippen MR) is 55.1 cm³/mol. The van der Waals surface area contributed by atoms with E-state index in [0.29, 0.717) is 15.8 Å². The van der Waals surface area contributed by atoms with E-state index in [2.05, 4.69) is 30.6 Å². The van der Waals surface area contributed by atoms with E-state index in [-0.39, 0.29) is 11.3 Å². The van der Waals surface area contributed by atoms with Crippen LogP contribution in [0.2, 0.25) is 0 Å². The monoisotopic (exact) mass is 287 g/mol. The van der Waals surface area contributed by atoms with Crippen molar-refractivity contribution in [1.29, 1.82) is 5.26 Å². The molecule has 1 aromatic carbocycles. The van der Waals surface area contributed by atoms with Gasteiger partial charge in [-0.1, -0.05) is 0 Å². The van der Waals surface area contributed by atoms with Gasteiger partial charge >= 0.3 is 6.61 Å². The Kier molecular flexibility index (Phi) is 2.75. The van der Waals surface area contributed by atoms with Gasteiger partial charge in [0.15, 0.2) is 4.73 Å². The normalized spacial score (nSPS) is 10.7. The van der Waals surface area contributed by atoms with E-state index in [9.17, 15) is 8.78 Å². The van der Waals surface area contributed by atoms with Crippen LogP contribution in [0.4, 0.5) is 8.78 Å². The molecule has 0 atom stereocenters. The molecule has 0 amide bonds. The number of fused-ring (bicyclic) bond motifs is 1. The second kappa shape index (κ2) is 4.06. The van der Waals surface area contributed by atoms with Gasteiger partial charge in [0.1, 0.15) is 11.8 Å². The molecule has 7 heteroatoms. The van der Waals surface area contributed by atoms with Gasteiger partial charge in [0, 0.05) is 6.07 Å². The Morgan fingerprint density at radius 3 is 2.88 bits per heavy atom. The van der Waals surface area contributed by atoms with Gasteiger partial charge < -0.3 is 9.72 Å². The van der Waals surface area contributed by atoms with Gasteiger partial charge in [-0.15, -0.1) is 0 Å². The molecule has 82 valence electrons. The van der Waals surface area contributed by atoms with Gasteiger partial charge in [0.25, 0.3) is 0 Å². The van der Waals surface area contributed by atoms with E-state index in [1.807, 2.05) is 0 Å². The molecule has 1 heterocycles. The molecule has 0 unspecified atom stereocenters.